The summed E-state index contributed by atoms with van der Waals surface area (Å²) in [4.78, 5) is 0. The normalized spacial score (nSPS) is 10.2. The summed E-state index contributed by atoms with van der Waals surface area (Å²) in [5.74, 6) is 0.873. The van der Waals surface area contributed by atoms with Crippen LogP contribution in [0.4, 0.5) is 0 Å². The molecule has 0 aliphatic heterocycles. The zero-order valence-electron chi connectivity index (χ0n) is 8.80. The molecule has 0 heterocycles. The van der Waals surface area contributed by atoms with Gasteiger partial charge in [0, 0.05) is 23.3 Å². The van der Waals surface area contributed by atoms with Crippen molar-refractivity contribution >= 4 is 39.3 Å². The molecule has 16 heavy (non-hydrogen) atoms. The molecular formula is C11H14BrClN2S. The van der Waals surface area contributed by atoms with Crippen LogP contribution in [0.15, 0.2) is 34.3 Å². The molecule has 0 atom stereocenters. The van der Waals surface area contributed by atoms with Gasteiger partial charge in [0.15, 0.2) is 0 Å². The average Bonchev–Trinajstić information content (AvgIpc) is 2.28. The fourth-order valence-electron chi connectivity index (χ4n) is 1.11. The van der Waals surface area contributed by atoms with E-state index in [9.17, 15) is 0 Å². The molecule has 0 bridgehead atoms. The van der Waals surface area contributed by atoms with Crippen molar-refractivity contribution in [2.24, 2.45) is 5.73 Å². The number of nitrogens with two attached hydrogens (primary N) is 1. The molecule has 0 aromatic heterocycles. The third kappa shape index (κ3) is 4.37. The Hall–Kier alpha value is -0.160. The highest BCUT2D eigenvalue weighted by Gasteiger charge is 2.03. The van der Waals surface area contributed by atoms with Gasteiger partial charge in [-0.05, 0) is 27.6 Å². The van der Waals surface area contributed by atoms with Gasteiger partial charge in [0.2, 0.25) is 0 Å². The summed E-state index contributed by atoms with van der Waals surface area (Å²) in [5.41, 5.74) is 6.46. The molecule has 2 nitrogen and oxygen atoms in total. The van der Waals surface area contributed by atoms with E-state index in [1.54, 1.807) is 11.8 Å². The van der Waals surface area contributed by atoms with Crippen LogP contribution in [0.2, 0.25) is 5.02 Å². The van der Waals surface area contributed by atoms with Crippen molar-refractivity contribution < 1.29 is 0 Å². The molecule has 0 saturated heterocycles. The molecule has 5 heteroatoms. The zero-order valence-corrected chi connectivity index (χ0v) is 12.0. The lowest BCUT2D eigenvalue weighted by Gasteiger charge is -2.10. The molecule has 3 N–H and O–H groups in total. The summed E-state index contributed by atoms with van der Waals surface area (Å²) >= 11 is 11.1. The summed E-state index contributed by atoms with van der Waals surface area (Å²) in [6.45, 7) is 5.23. The average molecular weight is 322 g/mol. The fourth-order valence-corrected chi connectivity index (χ4v) is 2.25. The van der Waals surface area contributed by atoms with Gasteiger partial charge in [-0.2, -0.15) is 0 Å². The highest BCUT2D eigenvalue weighted by molar-refractivity contribution is 9.10. The quantitative estimate of drug-likeness (QED) is 0.844. The number of nitrogens with one attached hydrogen (secondary N) is 1. The molecule has 0 saturated carbocycles. The van der Waals surface area contributed by atoms with E-state index < -0.39 is 0 Å². The molecule has 0 aliphatic rings. The van der Waals surface area contributed by atoms with E-state index in [0.717, 1.165) is 25.8 Å². The van der Waals surface area contributed by atoms with E-state index in [4.69, 9.17) is 17.3 Å². The van der Waals surface area contributed by atoms with Crippen LogP contribution in [0.1, 0.15) is 5.56 Å². The SMILES string of the molecule is C=C(NCc1cccc(Br)c1Cl)SCCN. The van der Waals surface area contributed by atoms with Crippen LogP contribution in [0.25, 0.3) is 0 Å². The van der Waals surface area contributed by atoms with Gasteiger partial charge in [-0.1, -0.05) is 30.3 Å². The predicted molar refractivity (Wildman–Crippen MR) is 76.6 cm³/mol. The fraction of sp³-hybridized carbons (Fsp3) is 0.273. The highest BCUT2D eigenvalue weighted by Crippen LogP contribution is 2.26. The van der Waals surface area contributed by atoms with E-state index in [1.807, 2.05) is 18.2 Å². The lowest BCUT2D eigenvalue weighted by molar-refractivity contribution is 0.858. The molecule has 1 aromatic carbocycles. The first-order valence-electron chi connectivity index (χ1n) is 4.83. The monoisotopic (exact) mass is 320 g/mol. The van der Waals surface area contributed by atoms with Crippen LogP contribution < -0.4 is 11.1 Å². The lowest BCUT2D eigenvalue weighted by atomic mass is 10.2. The first-order valence-corrected chi connectivity index (χ1v) is 6.99. The second kappa shape index (κ2) is 7.22. The first-order chi connectivity index (χ1) is 7.65. The van der Waals surface area contributed by atoms with Crippen molar-refractivity contribution in [2.45, 2.75) is 6.54 Å². The van der Waals surface area contributed by atoms with Gasteiger partial charge < -0.3 is 11.1 Å². The Morgan fingerprint density at radius 2 is 2.31 bits per heavy atom. The van der Waals surface area contributed by atoms with Crippen molar-refractivity contribution in [2.75, 3.05) is 12.3 Å². The minimum atomic E-state index is 0.656. The molecule has 1 rings (SSSR count). The molecular weight excluding hydrogens is 308 g/mol. The highest BCUT2D eigenvalue weighted by atomic mass is 79.9. The maximum Gasteiger partial charge on any atom is 0.0611 e. The smallest absolute Gasteiger partial charge is 0.0611 e. The Kier molecular flexibility index (Phi) is 6.28. The van der Waals surface area contributed by atoms with Gasteiger partial charge in [0.05, 0.1) is 10.1 Å². The largest absolute Gasteiger partial charge is 0.376 e. The number of thioether (sulfide) groups is 1. The molecule has 0 fully saturated rings. The van der Waals surface area contributed by atoms with E-state index in [-0.39, 0.29) is 0 Å². The minimum Gasteiger partial charge on any atom is -0.376 e. The maximum absolute atomic E-state index is 6.14. The van der Waals surface area contributed by atoms with Crippen molar-refractivity contribution in [3.05, 3.63) is 44.9 Å². The topological polar surface area (TPSA) is 38.0 Å². The van der Waals surface area contributed by atoms with Gasteiger partial charge in [0.25, 0.3) is 0 Å². The van der Waals surface area contributed by atoms with Gasteiger partial charge in [0.1, 0.15) is 0 Å². The van der Waals surface area contributed by atoms with Crippen LogP contribution in [0, 0.1) is 0 Å². The number of halogens is 2. The van der Waals surface area contributed by atoms with Crippen molar-refractivity contribution in [1.29, 1.82) is 0 Å². The second-order valence-corrected chi connectivity index (χ2v) is 5.55. The predicted octanol–water partition coefficient (Wildman–Crippen LogP) is 3.36. The first kappa shape index (κ1) is 13.9. The summed E-state index contributed by atoms with van der Waals surface area (Å²) < 4.78 is 0.911. The van der Waals surface area contributed by atoms with Crippen LogP contribution >= 0.6 is 39.3 Å². The second-order valence-electron chi connectivity index (χ2n) is 3.13. The van der Waals surface area contributed by atoms with Crippen molar-refractivity contribution in [3.8, 4) is 0 Å². The number of hydrogen-bond donors (Lipinski definition) is 2. The zero-order chi connectivity index (χ0) is 12.0. The van der Waals surface area contributed by atoms with Crippen LogP contribution in [0.3, 0.4) is 0 Å². The van der Waals surface area contributed by atoms with Gasteiger partial charge in [-0.25, -0.2) is 0 Å². The molecule has 0 spiro atoms. The number of rotatable bonds is 6. The summed E-state index contributed by atoms with van der Waals surface area (Å²) in [7, 11) is 0. The van der Waals surface area contributed by atoms with E-state index in [0.29, 0.717) is 13.1 Å². The van der Waals surface area contributed by atoms with Crippen molar-refractivity contribution in [1.82, 2.24) is 5.32 Å². The van der Waals surface area contributed by atoms with Gasteiger partial charge in [-0.3, -0.25) is 0 Å². The van der Waals surface area contributed by atoms with Gasteiger partial charge >= 0.3 is 0 Å². The lowest BCUT2D eigenvalue weighted by Crippen LogP contribution is -2.12. The van der Waals surface area contributed by atoms with Crippen LogP contribution in [0.5, 0.6) is 0 Å². The molecule has 0 unspecified atom stereocenters. The third-order valence-corrected chi connectivity index (χ3v) is 4.17. The Labute approximate surface area is 114 Å². The maximum atomic E-state index is 6.14. The molecule has 0 amide bonds. The molecule has 0 aliphatic carbocycles. The van der Waals surface area contributed by atoms with E-state index in [1.165, 1.54) is 0 Å². The summed E-state index contributed by atoms with van der Waals surface area (Å²) in [5, 5.41) is 4.87. The van der Waals surface area contributed by atoms with Crippen molar-refractivity contribution in [3.63, 3.8) is 0 Å². The van der Waals surface area contributed by atoms with Crippen LogP contribution in [-0.2, 0) is 6.54 Å². The Morgan fingerprint density at radius 3 is 3.00 bits per heavy atom. The van der Waals surface area contributed by atoms with Crippen LogP contribution in [-0.4, -0.2) is 12.3 Å². The molecule has 88 valence electrons. The third-order valence-electron chi connectivity index (χ3n) is 1.90. The number of benzene rings is 1. The Bertz CT molecular complexity index is 371. The van der Waals surface area contributed by atoms with E-state index in [2.05, 4.69) is 27.8 Å². The number of hydrogen-bond acceptors (Lipinski definition) is 3. The van der Waals surface area contributed by atoms with Gasteiger partial charge in [-0.15, -0.1) is 11.8 Å². The summed E-state index contributed by atoms with van der Waals surface area (Å²) in [6.07, 6.45) is 0. The molecule has 1 aromatic rings. The standard InChI is InChI=1S/C11H14BrClN2S/c1-8(16-6-5-14)15-7-9-3-2-4-10(12)11(9)13/h2-4,15H,1,5-7,14H2. The minimum absolute atomic E-state index is 0.656. The Balaban J connectivity index is 2.48. The summed E-state index contributed by atoms with van der Waals surface area (Å²) in [6, 6.07) is 5.87. The Morgan fingerprint density at radius 1 is 1.56 bits per heavy atom. The van der Waals surface area contributed by atoms with E-state index >= 15 is 0 Å². The molecule has 0 radical (unpaired) electrons.